The lowest BCUT2D eigenvalue weighted by atomic mass is 10.1. The van der Waals surface area contributed by atoms with Crippen LogP contribution in [-0.2, 0) is 0 Å². The van der Waals surface area contributed by atoms with E-state index in [9.17, 15) is 9.18 Å². The molecule has 1 saturated heterocycles. The average molecular weight is 385 g/mol. The zero-order valence-corrected chi connectivity index (χ0v) is 15.8. The fourth-order valence-electron chi connectivity index (χ4n) is 3.19. The molecule has 2 aromatic carbocycles. The normalized spacial score (nSPS) is 14.6. The van der Waals surface area contributed by atoms with Crippen molar-refractivity contribution in [1.82, 2.24) is 9.88 Å². The summed E-state index contributed by atoms with van der Waals surface area (Å²) in [6.45, 7) is 5.05. The van der Waals surface area contributed by atoms with Crippen molar-refractivity contribution >= 4 is 32.6 Å². The summed E-state index contributed by atoms with van der Waals surface area (Å²) in [7, 11) is 0. The minimum atomic E-state index is -0.471. The Balaban J connectivity index is 1.45. The molecule has 1 amide bonds. The number of carbonyl (C=O) groups excluding carboxylic acids is 1. The van der Waals surface area contributed by atoms with Crippen LogP contribution in [0.5, 0.6) is 5.75 Å². The molecule has 3 aromatic rings. The number of anilines is 1. The van der Waals surface area contributed by atoms with E-state index in [1.165, 1.54) is 12.1 Å². The number of thiazole rings is 1. The van der Waals surface area contributed by atoms with Crippen LogP contribution in [0.1, 0.15) is 17.3 Å². The predicted molar refractivity (Wildman–Crippen MR) is 105 cm³/mol. The maximum absolute atomic E-state index is 13.9. The van der Waals surface area contributed by atoms with Crippen LogP contribution in [0.15, 0.2) is 42.5 Å². The number of rotatable bonds is 4. The summed E-state index contributed by atoms with van der Waals surface area (Å²) in [6.07, 6.45) is 0. The number of aromatic nitrogens is 1. The molecule has 1 aliphatic rings. The van der Waals surface area contributed by atoms with Crippen LogP contribution in [0.4, 0.5) is 9.52 Å². The first-order valence-electron chi connectivity index (χ1n) is 8.98. The summed E-state index contributed by atoms with van der Waals surface area (Å²) in [6, 6.07) is 12.0. The Bertz CT molecular complexity index is 967. The van der Waals surface area contributed by atoms with Gasteiger partial charge in [-0.25, -0.2) is 9.37 Å². The van der Waals surface area contributed by atoms with Gasteiger partial charge in [-0.15, -0.1) is 0 Å². The molecule has 0 atom stereocenters. The predicted octanol–water partition coefficient (Wildman–Crippen LogP) is 3.80. The van der Waals surface area contributed by atoms with Gasteiger partial charge in [-0.3, -0.25) is 4.79 Å². The highest BCUT2D eigenvalue weighted by atomic mass is 32.1. The minimum absolute atomic E-state index is 0.134. The number of benzene rings is 2. The van der Waals surface area contributed by atoms with E-state index in [2.05, 4.69) is 4.90 Å². The van der Waals surface area contributed by atoms with E-state index in [1.807, 2.05) is 25.1 Å². The lowest BCUT2D eigenvalue weighted by Crippen LogP contribution is -2.49. The maximum Gasteiger partial charge on any atom is 0.256 e. The molecular weight excluding hydrogens is 365 g/mol. The molecule has 0 N–H and O–H groups in total. The van der Waals surface area contributed by atoms with Gasteiger partial charge in [0.1, 0.15) is 11.6 Å². The molecule has 1 fully saturated rings. The SMILES string of the molecule is CCOc1ccc2nc(N3CCN(C(=O)c4ccccc4F)CC3)sc2c1. The Hall–Kier alpha value is -2.67. The number of nitrogens with zero attached hydrogens (tertiary/aromatic N) is 3. The van der Waals surface area contributed by atoms with Crippen molar-refractivity contribution in [1.29, 1.82) is 0 Å². The van der Waals surface area contributed by atoms with Crippen molar-refractivity contribution in [3.63, 3.8) is 0 Å². The van der Waals surface area contributed by atoms with Gasteiger partial charge in [0.15, 0.2) is 5.13 Å². The summed E-state index contributed by atoms with van der Waals surface area (Å²) in [5.74, 6) is 0.125. The Morgan fingerprint density at radius 1 is 1.19 bits per heavy atom. The highest BCUT2D eigenvalue weighted by molar-refractivity contribution is 7.22. The first-order chi connectivity index (χ1) is 13.2. The van der Waals surface area contributed by atoms with Crippen molar-refractivity contribution in [2.75, 3.05) is 37.7 Å². The zero-order valence-electron chi connectivity index (χ0n) is 15.0. The molecular formula is C20H20FN3O2S. The fourth-order valence-corrected chi connectivity index (χ4v) is 4.24. The van der Waals surface area contributed by atoms with Crippen LogP contribution in [0.25, 0.3) is 10.2 Å². The van der Waals surface area contributed by atoms with E-state index in [0.717, 1.165) is 21.1 Å². The van der Waals surface area contributed by atoms with Crippen LogP contribution >= 0.6 is 11.3 Å². The molecule has 7 heteroatoms. The minimum Gasteiger partial charge on any atom is -0.494 e. The third-order valence-electron chi connectivity index (χ3n) is 4.60. The molecule has 1 aromatic heterocycles. The van der Waals surface area contributed by atoms with Gasteiger partial charge in [0.05, 0.1) is 22.4 Å². The van der Waals surface area contributed by atoms with Crippen LogP contribution in [0.2, 0.25) is 0 Å². The Kier molecular flexibility index (Phi) is 4.94. The Labute approximate surface area is 161 Å². The van der Waals surface area contributed by atoms with Crippen LogP contribution < -0.4 is 9.64 Å². The molecule has 4 rings (SSSR count). The number of carbonyl (C=O) groups is 1. The van der Waals surface area contributed by atoms with Gasteiger partial charge in [-0.2, -0.15) is 0 Å². The van der Waals surface area contributed by atoms with E-state index in [0.29, 0.717) is 32.8 Å². The average Bonchev–Trinajstić information content (AvgIpc) is 3.12. The zero-order chi connectivity index (χ0) is 18.8. The second-order valence-corrected chi connectivity index (χ2v) is 7.33. The maximum atomic E-state index is 13.9. The van der Waals surface area contributed by atoms with Crippen LogP contribution in [0, 0.1) is 5.82 Å². The molecule has 1 aliphatic heterocycles. The van der Waals surface area contributed by atoms with Gasteiger partial charge in [0.25, 0.3) is 5.91 Å². The van der Waals surface area contributed by atoms with E-state index in [4.69, 9.17) is 9.72 Å². The smallest absolute Gasteiger partial charge is 0.256 e. The quantitative estimate of drug-likeness (QED) is 0.685. The third kappa shape index (κ3) is 3.60. The van der Waals surface area contributed by atoms with Gasteiger partial charge < -0.3 is 14.5 Å². The molecule has 27 heavy (non-hydrogen) atoms. The highest BCUT2D eigenvalue weighted by Gasteiger charge is 2.25. The van der Waals surface area contributed by atoms with Gasteiger partial charge in [-0.1, -0.05) is 23.5 Å². The molecule has 0 spiro atoms. The first kappa shape index (κ1) is 17.7. The third-order valence-corrected chi connectivity index (χ3v) is 5.68. The van der Waals surface area contributed by atoms with E-state index in [-0.39, 0.29) is 11.5 Å². The number of amides is 1. The molecule has 0 unspecified atom stereocenters. The number of halogens is 1. The number of hydrogen-bond donors (Lipinski definition) is 0. The largest absolute Gasteiger partial charge is 0.494 e. The lowest BCUT2D eigenvalue weighted by molar-refractivity contribution is 0.0742. The van der Waals surface area contributed by atoms with Crippen LogP contribution in [-0.4, -0.2) is 48.6 Å². The van der Waals surface area contributed by atoms with Crippen molar-refractivity contribution in [3.05, 3.63) is 53.8 Å². The molecule has 140 valence electrons. The molecule has 0 bridgehead atoms. The second-order valence-electron chi connectivity index (χ2n) is 6.32. The standard InChI is InChI=1S/C20H20FN3O2S/c1-2-26-14-7-8-17-18(13-14)27-20(22-17)24-11-9-23(10-12-24)19(25)15-5-3-4-6-16(15)21/h3-8,13H,2,9-12H2,1H3. The van der Waals surface area contributed by atoms with E-state index >= 15 is 0 Å². The van der Waals surface area contributed by atoms with Gasteiger partial charge >= 0.3 is 0 Å². The Morgan fingerprint density at radius 2 is 1.96 bits per heavy atom. The van der Waals surface area contributed by atoms with Crippen LogP contribution in [0.3, 0.4) is 0 Å². The van der Waals surface area contributed by atoms with Crippen molar-refractivity contribution < 1.29 is 13.9 Å². The van der Waals surface area contributed by atoms with Crippen molar-refractivity contribution in [2.45, 2.75) is 6.92 Å². The number of fused-ring (bicyclic) bond motifs is 1. The van der Waals surface area contributed by atoms with Gasteiger partial charge in [0, 0.05) is 26.2 Å². The number of ether oxygens (including phenoxy) is 1. The highest BCUT2D eigenvalue weighted by Crippen LogP contribution is 2.32. The topological polar surface area (TPSA) is 45.7 Å². The molecule has 2 heterocycles. The van der Waals surface area contributed by atoms with Crippen molar-refractivity contribution in [2.24, 2.45) is 0 Å². The molecule has 0 saturated carbocycles. The number of hydrogen-bond acceptors (Lipinski definition) is 5. The summed E-state index contributed by atoms with van der Waals surface area (Å²) < 4.78 is 20.5. The lowest BCUT2D eigenvalue weighted by Gasteiger charge is -2.34. The van der Waals surface area contributed by atoms with Crippen molar-refractivity contribution in [3.8, 4) is 5.75 Å². The molecule has 5 nitrogen and oxygen atoms in total. The Morgan fingerprint density at radius 3 is 2.70 bits per heavy atom. The van der Waals surface area contributed by atoms with E-state index < -0.39 is 5.82 Å². The van der Waals surface area contributed by atoms with Gasteiger partial charge in [-0.05, 0) is 37.3 Å². The summed E-state index contributed by atoms with van der Waals surface area (Å²) >= 11 is 1.62. The van der Waals surface area contributed by atoms with E-state index in [1.54, 1.807) is 28.4 Å². The fraction of sp³-hybridized carbons (Fsp3) is 0.300. The summed E-state index contributed by atoms with van der Waals surface area (Å²) in [5.41, 5.74) is 1.08. The summed E-state index contributed by atoms with van der Waals surface area (Å²) in [5, 5.41) is 0.941. The second kappa shape index (κ2) is 7.52. The molecule has 0 radical (unpaired) electrons. The molecule has 0 aliphatic carbocycles. The summed E-state index contributed by atoms with van der Waals surface area (Å²) in [4.78, 5) is 21.1. The number of piperazine rings is 1. The first-order valence-corrected chi connectivity index (χ1v) is 9.79. The van der Waals surface area contributed by atoms with Gasteiger partial charge in [0.2, 0.25) is 0 Å². The monoisotopic (exact) mass is 385 g/mol.